The zero-order valence-corrected chi connectivity index (χ0v) is 11.8. The molecule has 0 saturated heterocycles. The fourth-order valence-corrected chi connectivity index (χ4v) is 2.30. The van der Waals surface area contributed by atoms with Crippen molar-refractivity contribution < 1.29 is 9.53 Å². The second-order valence-corrected chi connectivity index (χ2v) is 5.22. The third-order valence-electron chi connectivity index (χ3n) is 2.74. The summed E-state index contributed by atoms with van der Waals surface area (Å²) in [6, 6.07) is 8.85. The van der Waals surface area contributed by atoms with Crippen LogP contribution in [0, 0.1) is 0 Å². The van der Waals surface area contributed by atoms with Crippen LogP contribution in [0.3, 0.4) is 0 Å². The standard InChI is InChI=1S/C14H12N4O2S/c15-10-2-1-3-11(8-10)18-6-4-12(17-18)14(19)20-9-13-16-5-7-21-13/h1-8H,9,15H2. The second kappa shape index (κ2) is 5.76. The normalized spacial score (nSPS) is 10.5. The van der Waals surface area contributed by atoms with Gasteiger partial charge in [-0.25, -0.2) is 14.5 Å². The molecule has 2 N–H and O–H groups in total. The monoisotopic (exact) mass is 300 g/mol. The maximum absolute atomic E-state index is 11.9. The number of benzene rings is 1. The van der Waals surface area contributed by atoms with Gasteiger partial charge in [-0.3, -0.25) is 0 Å². The smallest absolute Gasteiger partial charge is 0.359 e. The van der Waals surface area contributed by atoms with E-state index in [1.165, 1.54) is 11.3 Å². The van der Waals surface area contributed by atoms with E-state index in [1.54, 1.807) is 35.3 Å². The number of carbonyl (C=O) groups excluding carboxylic acids is 1. The van der Waals surface area contributed by atoms with E-state index < -0.39 is 5.97 Å². The molecule has 0 saturated carbocycles. The van der Waals surface area contributed by atoms with E-state index in [1.807, 2.05) is 17.5 Å². The van der Waals surface area contributed by atoms with E-state index in [-0.39, 0.29) is 12.3 Å². The number of ether oxygens (including phenoxy) is 1. The molecule has 0 spiro atoms. The first-order valence-electron chi connectivity index (χ1n) is 6.19. The summed E-state index contributed by atoms with van der Waals surface area (Å²) >= 11 is 1.44. The fraction of sp³-hybridized carbons (Fsp3) is 0.0714. The molecule has 106 valence electrons. The van der Waals surface area contributed by atoms with Gasteiger partial charge in [-0.15, -0.1) is 11.3 Å². The van der Waals surface area contributed by atoms with Gasteiger partial charge in [-0.2, -0.15) is 5.10 Å². The van der Waals surface area contributed by atoms with Crippen molar-refractivity contribution in [3.05, 3.63) is 58.8 Å². The predicted octanol–water partition coefficient (Wildman–Crippen LogP) is 2.27. The van der Waals surface area contributed by atoms with Gasteiger partial charge in [-0.05, 0) is 24.3 Å². The van der Waals surface area contributed by atoms with E-state index in [4.69, 9.17) is 10.5 Å². The Morgan fingerprint density at radius 3 is 3.05 bits per heavy atom. The highest BCUT2D eigenvalue weighted by molar-refractivity contribution is 7.09. The van der Waals surface area contributed by atoms with Crippen LogP contribution in [0.15, 0.2) is 48.1 Å². The number of hydrogen-bond donors (Lipinski definition) is 1. The molecule has 0 atom stereocenters. The molecule has 2 aromatic heterocycles. The lowest BCUT2D eigenvalue weighted by Gasteiger charge is -2.02. The summed E-state index contributed by atoms with van der Waals surface area (Å²) in [5.41, 5.74) is 7.39. The largest absolute Gasteiger partial charge is 0.454 e. The Balaban J connectivity index is 1.71. The van der Waals surface area contributed by atoms with Crippen LogP contribution < -0.4 is 5.73 Å². The van der Waals surface area contributed by atoms with Crippen LogP contribution in [0.25, 0.3) is 5.69 Å². The molecule has 3 aromatic rings. The van der Waals surface area contributed by atoms with Gasteiger partial charge < -0.3 is 10.5 Å². The molecule has 0 aliphatic rings. The van der Waals surface area contributed by atoms with Gasteiger partial charge in [0.05, 0.1) is 5.69 Å². The van der Waals surface area contributed by atoms with Crippen molar-refractivity contribution in [1.29, 1.82) is 0 Å². The first-order valence-corrected chi connectivity index (χ1v) is 7.07. The van der Waals surface area contributed by atoms with Crippen LogP contribution in [0.1, 0.15) is 15.5 Å². The molecule has 0 aliphatic carbocycles. The minimum absolute atomic E-state index is 0.154. The van der Waals surface area contributed by atoms with Crippen LogP contribution in [-0.2, 0) is 11.3 Å². The minimum Gasteiger partial charge on any atom is -0.454 e. The Bertz CT molecular complexity index is 752. The van der Waals surface area contributed by atoms with Crippen LogP contribution in [-0.4, -0.2) is 20.7 Å². The third-order valence-corrected chi connectivity index (χ3v) is 3.50. The fourth-order valence-electron chi connectivity index (χ4n) is 1.77. The number of nitrogens with two attached hydrogens (primary N) is 1. The van der Waals surface area contributed by atoms with Gasteiger partial charge in [0.1, 0.15) is 11.6 Å². The SMILES string of the molecule is Nc1cccc(-n2ccc(C(=O)OCc3nccs3)n2)c1. The van der Waals surface area contributed by atoms with Gasteiger partial charge in [0.15, 0.2) is 5.69 Å². The number of nitrogens with zero attached hydrogens (tertiary/aromatic N) is 3. The van der Waals surface area contributed by atoms with E-state index >= 15 is 0 Å². The summed E-state index contributed by atoms with van der Waals surface area (Å²) in [5.74, 6) is -0.479. The summed E-state index contributed by atoms with van der Waals surface area (Å²) in [6.07, 6.45) is 3.36. The highest BCUT2D eigenvalue weighted by atomic mass is 32.1. The molecule has 0 fully saturated rings. The first-order chi connectivity index (χ1) is 10.2. The number of esters is 1. The minimum atomic E-state index is -0.479. The topological polar surface area (TPSA) is 83.0 Å². The van der Waals surface area contributed by atoms with Crippen molar-refractivity contribution in [3.63, 3.8) is 0 Å². The zero-order chi connectivity index (χ0) is 14.7. The molecule has 0 bridgehead atoms. The molecule has 0 aliphatic heterocycles. The lowest BCUT2D eigenvalue weighted by molar-refractivity contribution is 0.0465. The lowest BCUT2D eigenvalue weighted by atomic mass is 10.3. The molecule has 1 aromatic carbocycles. The molecule has 3 rings (SSSR count). The maximum Gasteiger partial charge on any atom is 0.359 e. The number of thiazole rings is 1. The molecular formula is C14H12N4O2S. The molecular weight excluding hydrogens is 288 g/mol. The highest BCUT2D eigenvalue weighted by Crippen LogP contribution is 2.13. The van der Waals surface area contributed by atoms with E-state index in [0.29, 0.717) is 5.69 Å². The second-order valence-electron chi connectivity index (χ2n) is 4.24. The van der Waals surface area contributed by atoms with Gasteiger partial charge in [0, 0.05) is 23.5 Å². The van der Waals surface area contributed by atoms with Crippen molar-refractivity contribution >= 4 is 23.0 Å². The maximum atomic E-state index is 11.9. The zero-order valence-electron chi connectivity index (χ0n) is 11.0. The van der Waals surface area contributed by atoms with Crippen molar-refractivity contribution in [2.45, 2.75) is 6.61 Å². The quantitative estimate of drug-likeness (QED) is 0.590. The lowest BCUT2D eigenvalue weighted by Crippen LogP contribution is -2.07. The van der Waals surface area contributed by atoms with Crippen molar-refractivity contribution in [3.8, 4) is 5.69 Å². The Hall–Kier alpha value is -2.67. The Labute approximate surface area is 124 Å². The highest BCUT2D eigenvalue weighted by Gasteiger charge is 2.12. The van der Waals surface area contributed by atoms with Crippen molar-refractivity contribution in [1.82, 2.24) is 14.8 Å². The van der Waals surface area contributed by atoms with Crippen LogP contribution in [0.5, 0.6) is 0 Å². The molecule has 0 unspecified atom stereocenters. The third kappa shape index (κ3) is 3.09. The number of carbonyl (C=O) groups is 1. The average Bonchev–Trinajstić information content (AvgIpc) is 3.16. The molecule has 0 amide bonds. The average molecular weight is 300 g/mol. The van der Waals surface area contributed by atoms with E-state index in [9.17, 15) is 4.79 Å². The van der Waals surface area contributed by atoms with Gasteiger partial charge in [0.25, 0.3) is 0 Å². The van der Waals surface area contributed by atoms with Gasteiger partial charge in [-0.1, -0.05) is 6.07 Å². The summed E-state index contributed by atoms with van der Waals surface area (Å²) < 4.78 is 6.73. The van der Waals surface area contributed by atoms with Crippen LogP contribution in [0.2, 0.25) is 0 Å². The molecule has 7 heteroatoms. The van der Waals surface area contributed by atoms with E-state index in [2.05, 4.69) is 10.1 Å². The van der Waals surface area contributed by atoms with Gasteiger partial charge in [0.2, 0.25) is 0 Å². The number of anilines is 1. The molecule has 0 radical (unpaired) electrons. The summed E-state index contributed by atoms with van der Waals surface area (Å²) in [7, 11) is 0. The summed E-state index contributed by atoms with van der Waals surface area (Å²) in [5, 5.41) is 6.77. The van der Waals surface area contributed by atoms with Gasteiger partial charge >= 0.3 is 5.97 Å². The van der Waals surface area contributed by atoms with Crippen LogP contribution in [0.4, 0.5) is 5.69 Å². The Morgan fingerprint density at radius 2 is 2.29 bits per heavy atom. The van der Waals surface area contributed by atoms with Crippen molar-refractivity contribution in [2.24, 2.45) is 0 Å². The summed E-state index contributed by atoms with van der Waals surface area (Å²) in [4.78, 5) is 16.0. The number of rotatable bonds is 4. The summed E-state index contributed by atoms with van der Waals surface area (Å²) in [6.45, 7) is 0.154. The van der Waals surface area contributed by atoms with Crippen LogP contribution >= 0.6 is 11.3 Å². The number of nitrogen functional groups attached to an aromatic ring is 1. The Kier molecular flexibility index (Phi) is 3.65. The number of hydrogen-bond acceptors (Lipinski definition) is 6. The molecule has 21 heavy (non-hydrogen) atoms. The molecule has 2 heterocycles. The Morgan fingerprint density at radius 1 is 1.38 bits per heavy atom. The number of aromatic nitrogens is 3. The predicted molar refractivity (Wildman–Crippen MR) is 79.2 cm³/mol. The van der Waals surface area contributed by atoms with E-state index in [0.717, 1.165) is 10.7 Å². The van der Waals surface area contributed by atoms with Crippen molar-refractivity contribution in [2.75, 3.05) is 5.73 Å². The molecule has 6 nitrogen and oxygen atoms in total. The first kappa shape index (κ1) is 13.3.